The van der Waals surface area contributed by atoms with Gasteiger partial charge >= 0.3 is 0 Å². The predicted molar refractivity (Wildman–Crippen MR) is 47.7 cm³/mol. The highest BCUT2D eigenvalue weighted by Gasteiger charge is 1.87. The highest BCUT2D eigenvalue weighted by atomic mass is 16.3. The fraction of sp³-hybridized carbons (Fsp3) is 0.222. The third-order valence-corrected chi connectivity index (χ3v) is 1.36. The van der Waals surface area contributed by atoms with Crippen LogP contribution in [0, 0.1) is 0 Å². The molecule has 1 aromatic carbocycles. The van der Waals surface area contributed by atoms with E-state index in [1.807, 2.05) is 0 Å². The van der Waals surface area contributed by atoms with E-state index in [0.717, 1.165) is 5.56 Å². The van der Waals surface area contributed by atoms with Crippen LogP contribution in [0.25, 0.3) is 0 Å². The van der Waals surface area contributed by atoms with Crippen LogP contribution in [0.2, 0.25) is 0 Å². The first-order chi connectivity index (χ1) is 5.83. The van der Waals surface area contributed by atoms with Gasteiger partial charge in [-0.15, -0.1) is 0 Å². The molecule has 0 atom stereocenters. The Kier molecular flexibility index (Phi) is 3.29. The van der Waals surface area contributed by atoms with Gasteiger partial charge in [0.2, 0.25) is 0 Å². The van der Waals surface area contributed by atoms with Crippen LogP contribution in [0.3, 0.4) is 0 Å². The van der Waals surface area contributed by atoms with Crippen molar-refractivity contribution < 1.29 is 10.2 Å². The van der Waals surface area contributed by atoms with Crippen molar-refractivity contribution in [3.8, 4) is 5.75 Å². The average molecular weight is 165 g/mol. The molecule has 0 amide bonds. The summed E-state index contributed by atoms with van der Waals surface area (Å²) in [5.74, 6) is 0.245. The van der Waals surface area contributed by atoms with E-state index in [1.165, 1.54) is 0 Å². The van der Waals surface area contributed by atoms with Crippen molar-refractivity contribution in [3.63, 3.8) is 0 Å². The highest BCUT2D eigenvalue weighted by molar-refractivity contribution is 5.79. The van der Waals surface area contributed by atoms with Gasteiger partial charge in [-0.1, -0.05) is 0 Å². The summed E-state index contributed by atoms with van der Waals surface area (Å²) in [5, 5.41) is 17.4. The van der Waals surface area contributed by atoms with Gasteiger partial charge < -0.3 is 10.2 Å². The standard InChI is InChI=1S/C9H11NO2/c11-6-5-10-7-8-1-3-9(12)4-2-8/h1-4,7,11-12H,5-6H2. The van der Waals surface area contributed by atoms with Crippen molar-refractivity contribution in [1.29, 1.82) is 0 Å². The summed E-state index contributed by atoms with van der Waals surface area (Å²) in [6.45, 7) is 0.482. The molecule has 0 aliphatic carbocycles. The number of hydrogen-bond acceptors (Lipinski definition) is 3. The second kappa shape index (κ2) is 4.51. The number of nitrogens with zero attached hydrogens (tertiary/aromatic N) is 1. The number of aromatic hydroxyl groups is 1. The molecule has 0 saturated heterocycles. The molecule has 1 rings (SSSR count). The summed E-state index contributed by atoms with van der Waals surface area (Å²) < 4.78 is 0. The Labute approximate surface area is 71.0 Å². The van der Waals surface area contributed by atoms with Crippen LogP contribution in [0.15, 0.2) is 29.3 Å². The number of aliphatic imine (C=N–C) groups is 1. The molecule has 1 aromatic rings. The van der Waals surface area contributed by atoms with Gasteiger partial charge in [0.15, 0.2) is 0 Å². The molecule has 0 aliphatic rings. The maximum atomic E-state index is 8.94. The highest BCUT2D eigenvalue weighted by Crippen LogP contribution is 2.07. The van der Waals surface area contributed by atoms with Crippen molar-refractivity contribution in [2.45, 2.75) is 0 Å². The van der Waals surface area contributed by atoms with Crippen molar-refractivity contribution in [3.05, 3.63) is 29.8 Å². The quantitative estimate of drug-likeness (QED) is 0.651. The largest absolute Gasteiger partial charge is 0.508 e. The zero-order chi connectivity index (χ0) is 8.81. The summed E-state index contributed by atoms with van der Waals surface area (Å²) in [7, 11) is 0. The first kappa shape index (κ1) is 8.74. The Bertz CT molecular complexity index is 254. The van der Waals surface area contributed by atoms with E-state index in [4.69, 9.17) is 10.2 Å². The molecule has 0 bridgehead atoms. The summed E-state index contributed by atoms with van der Waals surface area (Å²) in [5.41, 5.74) is 0.918. The van der Waals surface area contributed by atoms with Gasteiger partial charge in [0.05, 0.1) is 13.2 Å². The molecular formula is C9H11NO2. The molecule has 12 heavy (non-hydrogen) atoms. The Balaban J connectivity index is 2.58. The van der Waals surface area contributed by atoms with Crippen LogP contribution in [0.1, 0.15) is 5.56 Å². The van der Waals surface area contributed by atoms with Crippen molar-refractivity contribution in [1.82, 2.24) is 0 Å². The van der Waals surface area contributed by atoms with Gasteiger partial charge in [-0.2, -0.15) is 0 Å². The average Bonchev–Trinajstić information content (AvgIpc) is 2.09. The predicted octanol–water partition coefficient (Wildman–Crippen LogP) is 0.803. The van der Waals surface area contributed by atoms with E-state index >= 15 is 0 Å². The Hall–Kier alpha value is -1.35. The van der Waals surface area contributed by atoms with Crippen LogP contribution in [0.5, 0.6) is 5.75 Å². The van der Waals surface area contributed by atoms with Gasteiger partial charge in [0.1, 0.15) is 5.75 Å². The fourth-order valence-electron chi connectivity index (χ4n) is 0.788. The second-order valence-electron chi connectivity index (χ2n) is 2.35. The molecule has 3 heteroatoms. The number of aliphatic hydroxyl groups excluding tert-OH is 1. The van der Waals surface area contributed by atoms with E-state index in [9.17, 15) is 0 Å². The Morgan fingerprint density at radius 2 is 1.92 bits per heavy atom. The molecule has 0 fully saturated rings. The molecule has 3 nitrogen and oxygen atoms in total. The minimum Gasteiger partial charge on any atom is -0.508 e. The number of phenolic OH excluding ortho intramolecular Hbond substituents is 1. The SMILES string of the molecule is OCCN=Cc1ccc(O)cc1. The first-order valence-corrected chi connectivity index (χ1v) is 3.72. The van der Waals surface area contributed by atoms with Gasteiger partial charge in [-0.3, -0.25) is 4.99 Å². The van der Waals surface area contributed by atoms with Crippen LogP contribution >= 0.6 is 0 Å². The minimum atomic E-state index is 0.0641. The van der Waals surface area contributed by atoms with Crippen molar-refractivity contribution >= 4 is 6.21 Å². The summed E-state index contributed by atoms with van der Waals surface area (Å²) in [6.07, 6.45) is 1.66. The monoisotopic (exact) mass is 165 g/mol. The lowest BCUT2D eigenvalue weighted by Gasteiger charge is -1.92. The van der Waals surface area contributed by atoms with E-state index in [-0.39, 0.29) is 12.4 Å². The molecule has 0 aromatic heterocycles. The Morgan fingerprint density at radius 1 is 1.25 bits per heavy atom. The minimum absolute atomic E-state index is 0.0641. The molecule has 0 unspecified atom stereocenters. The molecule has 0 spiro atoms. The second-order valence-corrected chi connectivity index (χ2v) is 2.35. The number of phenols is 1. The van der Waals surface area contributed by atoms with Crippen LogP contribution in [-0.4, -0.2) is 29.6 Å². The molecule has 0 saturated carbocycles. The number of benzene rings is 1. The maximum Gasteiger partial charge on any atom is 0.115 e. The fourth-order valence-corrected chi connectivity index (χ4v) is 0.788. The zero-order valence-electron chi connectivity index (χ0n) is 6.64. The molecule has 0 aliphatic heterocycles. The Morgan fingerprint density at radius 3 is 2.50 bits per heavy atom. The normalized spacial score (nSPS) is 10.8. The molecule has 2 N–H and O–H groups in total. The van der Waals surface area contributed by atoms with Gasteiger partial charge in [-0.25, -0.2) is 0 Å². The third-order valence-electron chi connectivity index (χ3n) is 1.36. The lowest BCUT2D eigenvalue weighted by molar-refractivity contribution is 0.307. The van der Waals surface area contributed by atoms with Gasteiger partial charge in [-0.05, 0) is 29.8 Å². The lowest BCUT2D eigenvalue weighted by Crippen LogP contribution is -1.88. The van der Waals surface area contributed by atoms with Gasteiger partial charge in [0, 0.05) is 6.21 Å². The maximum absolute atomic E-state index is 8.94. The first-order valence-electron chi connectivity index (χ1n) is 3.72. The summed E-state index contributed by atoms with van der Waals surface area (Å²) >= 11 is 0. The summed E-state index contributed by atoms with van der Waals surface area (Å²) in [6, 6.07) is 6.72. The summed E-state index contributed by atoms with van der Waals surface area (Å²) in [4.78, 5) is 3.93. The number of rotatable bonds is 3. The molecule has 0 heterocycles. The van der Waals surface area contributed by atoms with Crippen LogP contribution in [0.4, 0.5) is 0 Å². The zero-order valence-corrected chi connectivity index (χ0v) is 6.64. The molecule has 64 valence electrons. The van der Waals surface area contributed by atoms with E-state index < -0.39 is 0 Å². The van der Waals surface area contributed by atoms with Crippen molar-refractivity contribution in [2.24, 2.45) is 4.99 Å². The topological polar surface area (TPSA) is 52.8 Å². The number of hydrogen-bond donors (Lipinski definition) is 2. The van der Waals surface area contributed by atoms with E-state index in [0.29, 0.717) is 6.54 Å². The number of aliphatic hydroxyl groups is 1. The van der Waals surface area contributed by atoms with Crippen LogP contribution < -0.4 is 0 Å². The smallest absolute Gasteiger partial charge is 0.115 e. The molecule has 0 radical (unpaired) electrons. The van der Waals surface area contributed by atoms with Crippen LogP contribution in [-0.2, 0) is 0 Å². The molecular weight excluding hydrogens is 154 g/mol. The van der Waals surface area contributed by atoms with E-state index in [1.54, 1.807) is 30.5 Å². The van der Waals surface area contributed by atoms with Crippen molar-refractivity contribution in [2.75, 3.05) is 13.2 Å². The lowest BCUT2D eigenvalue weighted by atomic mass is 10.2. The van der Waals surface area contributed by atoms with Gasteiger partial charge in [0.25, 0.3) is 0 Å². The third kappa shape index (κ3) is 2.72. The van der Waals surface area contributed by atoms with E-state index in [2.05, 4.69) is 4.99 Å².